The van der Waals surface area contributed by atoms with Gasteiger partial charge in [-0.2, -0.15) is 0 Å². The van der Waals surface area contributed by atoms with Crippen LogP contribution in [-0.2, 0) is 6.42 Å². The van der Waals surface area contributed by atoms with Gasteiger partial charge in [0.25, 0.3) is 0 Å². The number of halogens is 1. The van der Waals surface area contributed by atoms with Crippen molar-refractivity contribution in [3.8, 4) is 5.75 Å². The van der Waals surface area contributed by atoms with Gasteiger partial charge in [-0.15, -0.1) is 0 Å². The van der Waals surface area contributed by atoms with Gasteiger partial charge in [0, 0.05) is 24.3 Å². The van der Waals surface area contributed by atoms with Crippen LogP contribution in [0.4, 0.5) is 5.82 Å². The Balaban J connectivity index is 2.02. The molecule has 0 amide bonds. The zero-order chi connectivity index (χ0) is 14.5. The summed E-state index contributed by atoms with van der Waals surface area (Å²) in [6.07, 6.45) is 2.80. The van der Waals surface area contributed by atoms with E-state index < -0.39 is 0 Å². The van der Waals surface area contributed by atoms with Crippen molar-refractivity contribution in [1.82, 2.24) is 4.98 Å². The molecule has 0 saturated heterocycles. The van der Waals surface area contributed by atoms with E-state index in [9.17, 15) is 0 Å². The number of hydrogen-bond donors (Lipinski definition) is 0. The lowest BCUT2D eigenvalue weighted by Gasteiger charge is -2.20. The number of pyridine rings is 1. The van der Waals surface area contributed by atoms with Crippen LogP contribution in [0.3, 0.4) is 0 Å². The number of aryl methyl sites for hydroxylation is 1. The molecule has 0 unspecified atom stereocenters. The van der Waals surface area contributed by atoms with Crippen LogP contribution in [0.2, 0.25) is 0 Å². The largest absolute Gasteiger partial charge is 0.497 e. The number of benzene rings is 1. The zero-order valence-corrected chi connectivity index (χ0v) is 13.6. The summed E-state index contributed by atoms with van der Waals surface area (Å²) in [5, 5.41) is 0. The standard InChI is InChI=1S/C16H19BrN2O/c1-12-9-14(17)11-18-16(12)19(2)8-7-13-5-4-6-15(10-13)20-3/h4-6,9-11H,7-8H2,1-3H3. The monoisotopic (exact) mass is 334 g/mol. The van der Waals surface area contributed by atoms with Crippen LogP contribution in [-0.4, -0.2) is 25.7 Å². The molecule has 1 aromatic heterocycles. The summed E-state index contributed by atoms with van der Waals surface area (Å²) in [5.41, 5.74) is 2.44. The van der Waals surface area contributed by atoms with Gasteiger partial charge in [-0.25, -0.2) is 4.98 Å². The molecule has 0 aliphatic carbocycles. The Kier molecular flexibility index (Phi) is 5.01. The highest BCUT2D eigenvalue weighted by Crippen LogP contribution is 2.20. The molecule has 20 heavy (non-hydrogen) atoms. The fourth-order valence-corrected chi connectivity index (χ4v) is 2.61. The summed E-state index contributed by atoms with van der Waals surface area (Å²) in [7, 11) is 3.77. The van der Waals surface area contributed by atoms with E-state index in [1.165, 1.54) is 11.1 Å². The van der Waals surface area contributed by atoms with Crippen molar-refractivity contribution in [2.75, 3.05) is 25.6 Å². The van der Waals surface area contributed by atoms with Crippen molar-refractivity contribution in [3.05, 3.63) is 52.1 Å². The van der Waals surface area contributed by atoms with Crippen molar-refractivity contribution in [3.63, 3.8) is 0 Å². The van der Waals surface area contributed by atoms with Crippen LogP contribution in [0.25, 0.3) is 0 Å². The van der Waals surface area contributed by atoms with Gasteiger partial charge in [0.1, 0.15) is 11.6 Å². The highest BCUT2D eigenvalue weighted by molar-refractivity contribution is 9.10. The Morgan fingerprint density at radius 3 is 2.80 bits per heavy atom. The molecule has 0 radical (unpaired) electrons. The SMILES string of the molecule is COc1cccc(CCN(C)c2ncc(Br)cc2C)c1. The third kappa shape index (κ3) is 3.73. The fourth-order valence-electron chi connectivity index (χ4n) is 2.16. The maximum atomic E-state index is 5.25. The molecular weight excluding hydrogens is 316 g/mol. The molecule has 2 aromatic rings. The minimum atomic E-state index is 0.906. The predicted molar refractivity (Wildman–Crippen MR) is 86.6 cm³/mol. The zero-order valence-electron chi connectivity index (χ0n) is 12.1. The van der Waals surface area contributed by atoms with Gasteiger partial charge in [0.2, 0.25) is 0 Å². The van der Waals surface area contributed by atoms with E-state index in [2.05, 4.69) is 58.0 Å². The first-order valence-electron chi connectivity index (χ1n) is 6.56. The first kappa shape index (κ1) is 14.9. The minimum absolute atomic E-state index is 0.906. The molecule has 3 nitrogen and oxygen atoms in total. The maximum absolute atomic E-state index is 5.25. The first-order valence-corrected chi connectivity index (χ1v) is 7.35. The molecule has 106 valence electrons. The van der Waals surface area contributed by atoms with E-state index in [4.69, 9.17) is 4.74 Å². The van der Waals surface area contributed by atoms with Gasteiger partial charge in [-0.3, -0.25) is 0 Å². The van der Waals surface area contributed by atoms with E-state index in [0.717, 1.165) is 29.0 Å². The number of rotatable bonds is 5. The average molecular weight is 335 g/mol. The second-order valence-electron chi connectivity index (χ2n) is 4.82. The van der Waals surface area contributed by atoms with Crippen molar-refractivity contribution >= 4 is 21.7 Å². The van der Waals surface area contributed by atoms with E-state index in [1.54, 1.807) is 7.11 Å². The van der Waals surface area contributed by atoms with Gasteiger partial charge < -0.3 is 9.64 Å². The molecule has 0 fully saturated rings. The summed E-state index contributed by atoms with van der Waals surface area (Å²) < 4.78 is 6.26. The Morgan fingerprint density at radius 1 is 1.30 bits per heavy atom. The van der Waals surface area contributed by atoms with Gasteiger partial charge in [-0.05, 0) is 58.6 Å². The summed E-state index contributed by atoms with van der Waals surface area (Å²) in [5.74, 6) is 1.93. The normalized spacial score (nSPS) is 10.4. The average Bonchev–Trinajstić information content (AvgIpc) is 2.45. The highest BCUT2D eigenvalue weighted by Gasteiger charge is 2.07. The number of anilines is 1. The number of ether oxygens (including phenoxy) is 1. The molecule has 0 spiro atoms. The first-order chi connectivity index (χ1) is 9.60. The molecular formula is C16H19BrN2O. The second-order valence-corrected chi connectivity index (χ2v) is 5.73. The smallest absolute Gasteiger partial charge is 0.131 e. The van der Waals surface area contributed by atoms with Crippen LogP contribution >= 0.6 is 15.9 Å². The molecule has 0 saturated carbocycles. The number of nitrogens with zero attached hydrogens (tertiary/aromatic N) is 2. The predicted octanol–water partition coefficient (Wildman–Crippen LogP) is 3.84. The maximum Gasteiger partial charge on any atom is 0.131 e. The van der Waals surface area contributed by atoms with E-state index >= 15 is 0 Å². The Labute approximate surface area is 128 Å². The minimum Gasteiger partial charge on any atom is -0.497 e. The van der Waals surface area contributed by atoms with Crippen LogP contribution in [0.5, 0.6) is 5.75 Å². The van der Waals surface area contributed by atoms with Gasteiger partial charge in [0.15, 0.2) is 0 Å². The topological polar surface area (TPSA) is 25.4 Å². The van der Waals surface area contributed by atoms with Crippen LogP contribution < -0.4 is 9.64 Å². The molecule has 0 bridgehead atoms. The van der Waals surface area contributed by atoms with E-state index in [-0.39, 0.29) is 0 Å². The lowest BCUT2D eigenvalue weighted by atomic mass is 10.1. The third-order valence-electron chi connectivity index (χ3n) is 3.25. The summed E-state index contributed by atoms with van der Waals surface area (Å²) in [4.78, 5) is 6.66. The van der Waals surface area contributed by atoms with Crippen molar-refractivity contribution in [1.29, 1.82) is 0 Å². The number of aromatic nitrogens is 1. The lowest BCUT2D eigenvalue weighted by Crippen LogP contribution is -2.22. The quantitative estimate of drug-likeness (QED) is 0.830. The lowest BCUT2D eigenvalue weighted by molar-refractivity contribution is 0.414. The second kappa shape index (κ2) is 6.75. The number of hydrogen-bond acceptors (Lipinski definition) is 3. The third-order valence-corrected chi connectivity index (χ3v) is 3.68. The summed E-state index contributed by atoms with van der Waals surface area (Å²) in [6.45, 7) is 3.00. The van der Waals surface area contributed by atoms with Crippen molar-refractivity contribution in [2.24, 2.45) is 0 Å². The molecule has 0 N–H and O–H groups in total. The Bertz CT molecular complexity index is 586. The van der Waals surface area contributed by atoms with E-state index in [1.807, 2.05) is 18.3 Å². The molecule has 2 rings (SSSR count). The molecule has 1 aromatic carbocycles. The van der Waals surface area contributed by atoms with Gasteiger partial charge >= 0.3 is 0 Å². The highest BCUT2D eigenvalue weighted by atomic mass is 79.9. The van der Waals surface area contributed by atoms with Crippen molar-refractivity contribution in [2.45, 2.75) is 13.3 Å². The van der Waals surface area contributed by atoms with Gasteiger partial charge in [0.05, 0.1) is 7.11 Å². The Hall–Kier alpha value is -1.55. The summed E-state index contributed by atoms with van der Waals surface area (Å²) in [6, 6.07) is 10.3. The molecule has 1 heterocycles. The van der Waals surface area contributed by atoms with Gasteiger partial charge in [-0.1, -0.05) is 12.1 Å². The van der Waals surface area contributed by atoms with Crippen LogP contribution in [0, 0.1) is 6.92 Å². The molecule has 4 heteroatoms. The molecule has 0 aliphatic heterocycles. The molecule has 0 atom stereocenters. The van der Waals surface area contributed by atoms with Crippen LogP contribution in [0.1, 0.15) is 11.1 Å². The van der Waals surface area contributed by atoms with Crippen LogP contribution in [0.15, 0.2) is 41.0 Å². The number of likely N-dealkylation sites (N-methyl/N-ethyl adjacent to an activating group) is 1. The molecule has 0 aliphatic rings. The Morgan fingerprint density at radius 2 is 2.10 bits per heavy atom. The van der Waals surface area contributed by atoms with E-state index in [0.29, 0.717) is 0 Å². The number of methoxy groups -OCH3 is 1. The van der Waals surface area contributed by atoms with Crippen molar-refractivity contribution < 1.29 is 4.74 Å². The summed E-state index contributed by atoms with van der Waals surface area (Å²) >= 11 is 3.44. The fraction of sp³-hybridized carbons (Fsp3) is 0.312.